The van der Waals surface area contributed by atoms with Crippen molar-refractivity contribution in [3.8, 4) is 0 Å². The second kappa shape index (κ2) is 2.87. The van der Waals surface area contributed by atoms with E-state index in [0.717, 1.165) is 11.8 Å². The zero-order chi connectivity index (χ0) is 9.76. The van der Waals surface area contributed by atoms with Crippen molar-refractivity contribution in [3.63, 3.8) is 0 Å². The van der Waals surface area contributed by atoms with Crippen LogP contribution in [0.3, 0.4) is 0 Å². The molecule has 0 radical (unpaired) electrons. The topological polar surface area (TPSA) is 0 Å². The molecule has 3 rings (SSSR count). The van der Waals surface area contributed by atoms with Gasteiger partial charge in [0.25, 0.3) is 0 Å². The lowest BCUT2D eigenvalue weighted by molar-refractivity contribution is 0.190. The highest BCUT2D eigenvalue weighted by Gasteiger charge is 2.51. The zero-order valence-electron chi connectivity index (χ0n) is 9.60. The van der Waals surface area contributed by atoms with Crippen LogP contribution in [0.1, 0.15) is 58.8 Å². The molecule has 0 amide bonds. The summed E-state index contributed by atoms with van der Waals surface area (Å²) in [5.41, 5.74) is 4.34. The monoisotopic (exact) mass is 190 g/mol. The molecule has 3 atom stereocenters. The number of rotatable bonds is 0. The first-order valence-electron chi connectivity index (χ1n) is 6.43. The second-order valence-electron chi connectivity index (χ2n) is 5.93. The van der Waals surface area contributed by atoms with E-state index in [0.29, 0.717) is 5.41 Å². The van der Waals surface area contributed by atoms with Gasteiger partial charge in [0.15, 0.2) is 0 Å². The summed E-state index contributed by atoms with van der Waals surface area (Å²) in [6.45, 7) is 5.01. The lowest BCUT2D eigenvalue weighted by atomic mass is 9.66. The van der Waals surface area contributed by atoms with Gasteiger partial charge in [0.2, 0.25) is 0 Å². The van der Waals surface area contributed by atoms with Gasteiger partial charge in [0, 0.05) is 0 Å². The molecule has 0 N–H and O–H groups in total. The van der Waals surface area contributed by atoms with Gasteiger partial charge in [-0.25, -0.2) is 0 Å². The zero-order valence-corrected chi connectivity index (χ0v) is 9.60. The number of fused-ring (bicyclic) bond motifs is 3. The molecule has 0 unspecified atom stereocenters. The van der Waals surface area contributed by atoms with Crippen LogP contribution in [0, 0.1) is 17.3 Å². The predicted octanol–water partition coefficient (Wildman–Crippen LogP) is 4.31. The number of hydrogen-bond acceptors (Lipinski definition) is 0. The third kappa shape index (κ3) is 0.951. The molecule has 2 fully saturated rings. The average molecular weight is 190 g/mol. The Hall–Kier alpha value is -0.260. The van der Waals surface area contributed by atoms with Gasteiger partial charge in [-0.2, -0.15) is 0 Å². The summed E-state index contributed by atoms with van der Waals surface area (Å²) in [7, 11) is 0. The van der Waals surface area contributed by atoms with Gasteiger partial charge in [0.05, 0.1) is 0 Å². The number of allylic oxidation sites excluding steroid dienone is 2. The van der Waals surface area contributed by atoms with Crippen LogP contribution in [0.4, 0.5) is 0 Å². The molecule has 3 aliphatic rings. The minimum Gasteiger partial charge on any atom is -0.0701 e. The Labute approximate surface area is 87.8 Å². The summed E-state index contributed by atoms with van der Waals surface area (Å²) in [5.74, 6) is 2.03. The van der Waals surface area contributed by atoms with Gasteiger partial charge in [-0.3, -0.25) is 0 Å². The Bertz CT molecular complexity index is 286. The van der Waals surface area contributed by atoms with Crippen molar-refractivity contribution in [1.29, 1.82) is 0 Å². The van der Waals surface area contributed by atoms with Crippen molar-refractivity contribution >= 4 is 0 Å². The van der Waals surface area contributed by atoms with Crippen LogP contribution in [-0.2, 0) is 0 Å². The summed E-state index contributed by atoms with van der Waals surface area (Å²) >= 11 is 0. The molecular formula is C14H22. The largest absolute Gasteiger partial charge is 0.0701 e. The summed E-state index contributed by atoms with van der Waals surface area (Å²) in [5, 5.41) is 0. The van der Waals surface area contributed by atoms with E-state index in [1.165, 1.54) is 44.9 Å². The van der Waals surface area contributed by atoms with Gasteiger partial charge in [-0.15, -0.1) is 0 Å². The van der Waals surface area contributed by atoms with Gasteiger partial charge in [-0.05, 0) is 56.3 Å². The SMILES string of the molecule is CC1=C2CCCC[C@@]2(C)[C@@H]2CCC[C@H]12. The molecular weight excluding hydrogens is 168 g/mol. The Kier molecular flexibility index (Phi) is 1.84. The van der Waals surface area contributed by atoms with Crippen molar-refractivity contribution < 1.29 is 0 Å². The van der Waals surface area contributed by atoms with E-state index in [1.54, 1.807) is 0 Å². The first kappa shape index (κ1) is 9.00. The minimum absolute atomic E-state index is 0.642. The molecule has 0 heteroatoms. The molecule has 0 aromatic rings. The molecule has 0 spiro atoms. The Morgan fingerprint density at radius 3 is 2.86 bits per heavy atom. The van der Waals surface area contributed by atoms with E-state index in [4.69, 9.17) is 0 Å². The molecule has 0 aromatic carbocycles. The molecule has 0 aliphatic heterocycles. The van der Waals surface area contributed by atoms with E-state index in [1.807, 2.05) is 11.1 Å². The Morgan fingerprint density at radius 2 is 2.00 bits per heavy atom. The van der Waals surface area contributed by atoms with Crippen LogP contribution in [0.5, 0.6) is 0 Å². The highest BCUT2D eigenvalue weighted by molar-refractivity contribution is 5.33. The molecule has 3 aliphatic carbocycles. The van der Waals surface area contributed by atoms with E-state index in [2.05, 4.69) is 13.8 Å². The van der Waals surface area contributed by atoms with E-state index >= 15 is 0 Å². The first-order valence-corrected chi connectivity index (χ1v) is 6.43. The lowest BCUT2D eigenvalue weighted by Gasteiger charge is -2.38. The maximum atomic E-state index is 2.57. The van der Waals surface area contributed by atoms with Gasteiger partial charge in [-0.1, -0.05) is 30.9 Å². The van der Waals surface area contributed by atoms with E-state index in [9.17, 15) is 0 Å². The van der Waals surface area contributed by atoms with Crippen molar-refractivity contribution in [2.24, 2.45) is 17.3 Å². The fourth-order valence-electron chi connectivity index (χ4n) is 4.75. The molecule has 0 bridgehead atoms. The highest BCUT2D eigenvalue weighted by Crippen LogP contribution is 2.62. The second-order valence-corrected chi connectivity index (χ2v) is 5.93. The van der Waals surface area contributed by atoms with Crippen LogP contribution in [-0.4, -0.2) is 0 Å². The van der Waals surface area contributed by atoms with Crippen molar-refractivity contribution in [3.05, 3.63) is 11.1 Å². The van der Waals surface area contributed by atoms with E-state index in [-0.39, 0.29) is 0 Å². The third-order valence-corrected chi connectivity index (χ3v) is 5.43. The fraction of sp³-hybridized carbons (Fsp3) is 0.857. The highest BCUT2D eigenvalue weighted by atomic mass is 14.6. The predicted molar refractivity (Wildman–Crippen MR) is 60.1 cm³/mol. The van der Waals surface area contributed by atoms with Crippen LogP contribution < -0.4 is 0 Å². The molecule has 78 valence electrons. The molecule has 14 heavy (non-hydrogen) atoms. The van der Waals surface area contributed by atoms with E-state index < -0.39 is 0 Å². The summed E-state index contributed by atoms with van der Waals surface area (Å²) < 4.78 is 0. The van der Waals surface area contributed by atoms with Crippen LogP contribution in [0.25, 0.3) is 0 Å². The molecule has 0 saturated heterocycles. The van der Waals surface area contributed by atoms with Crippen LogP contribution in [0.2, 0.25) is 0 Å². The molecule has 0 nitrogen and oxygen atoms in total. The summed E-state index contributed by atoms with van der Waals surface area (Å²) in [4.78, 5) is 0. The average Bonchev–Trinajstić information content (AvgIpc) is 2.72. The van der Waals surface area contributed by atoms with Crippen molar-refractivity contribution in [2.45, 2.75) is 58.8 Å². The molecule has 0 heterocycles. The van der Waals surface area contributed by atoms with Gasteiger partial charge < -0.3 is 0 Å². The summed E-state index contributed by atoms with van der Waals surface area (Å²) in [6.07, 6.45) is 10.4. The minimum atomic E-state index is 0.642. The smallest absolute Gasteiger partial charge is 0.00798 e. The standard InChI is InChI=1S/C14H22/c1-10-11-6-5-8-13(11)14(2)9-4-3-7-12(10)14/h11,13H,3-9H2,1-2H3/t11-,13-,14-/m1/s1. The maximum absolute atomic E-state index is 2.57. The number of hydrogen-bond donors (Lipinski definition) is 0. The molecule has 0 aromatic heterocycles. The normalized spacial score (nSPS) is 46.7. The Balaban J connectivity index is 2.04. The van der Waals surface area contributed by atoms with Crippen LogP contribution in [0.15, 0.2) is 11.1 Å². The summed E-state index contributed by atoms with van der Waals surface area (Å²) in [6, 6.07) is 0. The van der Waals surface area contributed by atoms with Gasteiger partial charge >= 0.3 is 0 Å². The maximum Gasteiger partial charge on any atom is -0.00798 e. The molecule has 2 saturated carbocycles. The third-order valence-electron chi connectivity index (χ3n) is 5.43. The Morgan fingerprint density at radius 1 is 1.14 bits per heavy atom. The first-order chi connectivity index (χ1) is 6.73. The van der Waals surface area contributed by atoms with Gasteiger partial charge in [0.1, 0.15) is 0 Å². The van der Waals surface area contributed by atoms with Crippen molar-refractivity contribution in [2.75, 3.05) is 0 Å². The fourth-order valence-corrected chi connectivity index (χ4v) is 4.75. The van der Waals surface area contributed by atoms with Crippen LogP contribution >= 0.6 is 0 Å². The van der Waals surface area contributed by atoms with Crippen molar-refractivity contribution in [1.82, 2.24) is 0 Å². The quantitative estimate of drug-likeness (QED) is 0.499. The lowest BCUT2D eigenvalue weighted by Crippen LogP contribution is -2.28.